The van der Waals surface area contributed by atoms with Crippen molar-refractivity contribution in [2.75, 3.05) is 0 Å². The molecular weight excluding hydrogens is 480 g/mol. The molecule has 0 radical (unpaired) electrons. The van der Waals surface area contributed by atoms with Crippen LogP contribution in [0, 0.1) is 0 Å². The Balaban J connectivity index is 1.88. The fraction of sp³-hybridized carbons (Fsp3) is 0.391. The zero-order chi connectivity index (χ0) is 24.6. The lowest BCUT2D eigenvalue weighted by atomic mass is 9.90. The molecule has 33 heavy (non-hydrogen) atoms. The van der Waals surface area contributed by atoms with Crippen molar-refractivity contribution in [2.24, 2.45) is 5.16 Å². The van der Waals surface area contributed by atoms with Crippen molar-refractivity contribution in [2.45, 2.75) is 57.5 Å². The van der Waals surface area contributed by atoms with Crippen LogP contribution in [0.5, 0.6) is 0 Å². The van der Waals surface area contributed by atoms with Crippen LogP contribution in [0.2, 0.25) is 10.0 Å². The normalized spacial score (nSPS) is 18.7. The largest absolute Gasteiger partial charge is 0.435 e. The van der Waals surface area contributed by atoms with Crippen LogP contribution in [-0.2, 0) is 20.7 Å². The molecule has 0 saturated heterocycles. The molecule has 1 aliphatic rings. The summed E-state index contributed by atoms with van der Waals surface area (Å²) < 4.78 is 47.7. The lowest BCUT2D eigenvalue weighted by Crippen LogP contribution is -2.50. The first-order valence-corrected chi connectivity index (χ1v) is 10.9. The molecule has 1 aliphatic heterocycles. The molecule has 10 heteroatoms. The number of rotatable bonds is 4. The fourth-order valence-electron chi connectivity index (χ4n) is 3.94. The topological polar surface area (TPSA) is 51.1 Å². The molecule has 178 valence electrons. The van der Waals surface area contributed by atoms with Gasteiger partial charge in [-0.2, -0.15) is 13.2 Å². The summed E-state index contributed by atoms with van der Waals surface area (Å²) in [6.07, 6.45) is -6.58. The highest BCUT2D eigenvalue weighted by atomic mass is 35.5. The third-order valence-corrected chi connectivity index (χ3v) is 5.93. The van der Waals surface area contributed by atoms with E-state index in [1.807, 2.05) is 44.2 Å². The third-order valence-electron chi connectivity index (χ3n) is 5.49. The smallest absolute Gasteiger partial charge is 0.392 e. The van der Waals surface area contributed by atoms with E-state index in [9.17, 15) is 18.0 Å². The van der Waals surface area contributed by atoms with Crippen LogP contribution in [0.1, 0.15) is 45.2 Å². The van der Waals surface area contributed by atoms with Crippen LogP contribution >= 0.6 is 23.2 Å². The molecule has 5 nitrogen and oxygen atoms in total. The number of benzene rings is 2. The highest BCUT2D eigenvalue weighted by Gasteiger charge is 2.63. The maximum absolute atomic E-state index is 14.1. The molecule has 0 aliphatic carbocycles. The Morgan fingerprint density at radius 1 is 1.12 bits per heavy atom. The minimum Gasteiger partial charge on any atom is -0.392 e. The number of hydrogen-bond acceptors (Lipinski definition) is 4. The number of amides is 1. The minimum absolute atomic E-state index is 0.00534. The van der Waals surface area contributed by atoms with E-state index in [0.717, 1.165) is 17.7 Å². The Morgan fingerprint density at radius 3 is 2.21 bits per heavy atom. The highest BCUT2D eigenvalue weighted by molar-refractivity contribution is 6.34. The molecule has 0 N–H and O–H groups in total. The summed E-state index contributed by atoms with van der Waals surface area (Å²) in [4.78, 5) is 19.4. The van der Waals surface area contributed by atoms with Gasteiger partial charge < -0.3 is 9.57 Å². The average molecular weight is 503 g/mol. The van der Waals surface area contributed by atoms with E-state index in [0.29, 0.717) is 0 Å². The van der Waals surface area contributed by atoms with Gasteiger partial charge in [-0.15, -0.1) is 0 Å². The fourth-order valence-corrected chi connectivity index (χ4v) is 4.46. The van der Waals surface area contributed by atoms with Gasteiger partial charge in [0.1, 0.15) is 0 Å². The van der Waals surface area contributed by atoms with Gasteiger partial charge >= 0.3 is 12.3 Å². The molecule has 1 atom stereocenters. The van der Waals surface area contributed by atoms with Crippen LogP contribution in [0.4, 0.5) is 18.0 Å². The van der Waals surface area contributed by atoms with Gasteiger partial charge in [-0.05, 0) is 51.5 Å². The number of hydrogen-bond donors (Lipinski definition) is 0. The first kappa shape index (κ1) is 25.2. The second-order valence-corrected chi connectivity index (χ2v) is 9.37. The standard InChI is InChI=1S/C23H23Cl2F3N2O3/c1-14(2)30(21(3,4)15-8-6-5-7-9-15)20(31)32-19-13-22(33-29-19,23(26,27)28)16-10-17(24)12-18(25)11-16/h5-12,14H,13H2,1-4H3. The van der Waals surface area contributed by atoms with Gasteiger partial charge in [-0.1, -0.05) is 58.7 Å². The summed E-state index contributed by atoms with van der Waals surface area (Å²) in [6.45, 7) is 7.22. The highest BCUT2D eigenvalue weighted by Crippen LogP contribution is 2.49. The molecule has 1 amide bonds. The molecule has 2 aromatic rings. The summed E-state index contributed by atoms with van der Waals surface area (Å²) in [5.41, 5.74) is -3.20. The van der Waals surface area contributed by atoms with E-state index in [1.165, 1.54) is 11.0 Å². The number of nitrogens with zero attached hydrogens (tertiary/aromatic N) is 2. The summed E-state index contributed by atoms with van der Waals surface area (Å²) >= 11 is 11.8. The first-order valence-electron chi connectivity index (χ1n) is 10.1. The monoisotopic (exact) mass is 502 g/mol. The summed E-state index contributed by atoms with van der Waals surface area (Å²) in [7, 11) is 0. The van der Waals surface area contributed by atoms with E-state index in [4.69, 9.17) is 32.8 Å². The van der Waals surface area contributed by atoms with Crippen molar-refractivity contribution in [3.8, 4) is 0 Å². The maximum atomic E-state index is 14.1. The third kappa shape index (κ3) is 4.92. The van der Waals surface area contributed by atoms with Gasteiger partial charge in [-0.3, -0.25) is 4.90 Å². The Kier molecular flexibility index (Phi) is 6.92. The van der Waals surface area contributed by atoms with E-state index in [2.05, 4.69) is 5.16 Å². The Hall–Kier alpha value is -2.45. The quantitative estimate of drug-likeness (QED) is 0.441. The van der Waals surface area contributed by atoms with Crippen molar-refractivity contribution in [3.05, 3.63) is 69.7 Å². The molecule has 1 unspecified atom stereocenters. The Bertz CT molecular complexity index is 1040. The lowest BCUT2D eigenvalue weighted by molar-refractivity contribution is -0.275. The molecule has 3 rings (SSSR count). The molecular formula is C23H23Cl2F3N2O3. The summed E-state index contributed by atoms with van der Waals surface area (Å²) in [5.74, 6) is -0.497. The molecule has 0 spiro atoms. The molecule has 0 aromatic heterocycles. The Labute approximate surface area is 200 Å². The Morgan fingerprint density at radius 2 is 1.70 bits per heavy atom. The van der Waals surface area contributed by atoms with Crippen LogP contribution in [0.15, 0.2) is 53.7 Å². The van der Waals surface area contributed by atoms with Crippen LogP contribution < -0.4 is 0 Å². The molecule has 2 aromatic carbocycles. The number of alkyl halides is 3. The SMILES string of the molecule is CC(C)N(C(=O)OC1=NOC(c2cc(Cl)cc(Cl)c2)(C(F)(F)F)C1)C(C)(C)c1ccccc1. The zero-order valence-corrected chi connectivity index (χ0v) is 19.9. The number of oxime groups is 1. The van der Waals surface area contributed by atoms with Gasteiger partial charge in [0, 0.05) is 21.7 Å². The predicted octanol–water partition coefficient (Wildman–Crippen LogP) is 7.27. The first-order chi connectivity index (χ1) is 15.3. The molecule has 0 fully saturated rings. The van der Waals surface area contributed by atoms with Gasteiger partial charge in [-0.25, -0.2) is 4.79 Å². The zero-order valence-electron chi connectivity index (χ0n) is 18.4. The van der Waals surface area contributed by atoms with Gasteiger partial charge in [0.15, 0.2) is 0 Å². The minimum atomic E-state index is -4.89. The van der Waals surface area contributed by atoms with Gasteiger partial charge in [0.05, 0.1) is 12.0 Å². The molecule has 0 bridgehead atoms. The van der Waals surface area contributed by atoms with Crippen molar-refractivity contribution < 1.29 is 27.5 Å². The average Bonchev–Trinajstić information content (AvgIpc) is 3.12. The van der Waals surface area contributed by atoms with Crippen molar-refractivity contribution in [3.63, 3.8) is 0 Å². The van der Waals surface area contributed by atoms with Gasteiger partial charge in [0.25, 0.3) is 5.60 Å². The molecule has 1 heterocycles. The number of carbonyl (C=O) groups is 1. The van der Waals surface area contributed by atoms with Crippen molar-refractivity contribution in [1.29, 1.82) is 0 Å². The summed E-state index contributed by atoms with van der Waals surface area (Å²) in [6, 6.07) is 12.4. The van der Waals surface area contributed by atoms with E-state index >= 15 is 0 Å². The number of carbonyl (C=O) groups excluding carboxylic acids is 1. The number of halogens is 5. The van der Waals surface area contributed by atoms with E-state index in [-0.39, 0.29) is 21.7 Å². The van der Waals surface area contributed by atoms with Crippen LogP contribution in [0.3, 0.4) is 0 Å². The van der Waals surface area contributed by atoms with E-state index in [1.54, 1.807) is 13.8 Å². The molecule has 0 saturated carbocycles. The second-order valence-electron chi connectivity index (χ2n) is 8.49. The van der Waals surface area contributed by atoms with Crippen LogP contribution in [0.25, 0.3) is 0 Å². The van der Waals surface area contributed by atoms with Crippen LogP contribution in [-0.4, -0.2) is 29.1 Å². The second kappa shape index (κ2) is 9.06. The van der Waals surface area contributed by atoms with Gasteiger partial charge in [0.2, 0.25) is 5.90 Å². The lowest BCUT2D eigenvalue weighted by Gasteiger charge is -2.40. The van der Waals surface area contributed by atoms with E-state index < -0.39 is 35.7 Å². The van der Waals surface area contributed by atoms with Crippen molar-refractivity contribution >= 4 is 35.2 Å². The predicted molar refractivity (Wildman–Crippen MR) is 120 cm³/mol. The number of ether oxygens (including phenoxy) is 1. The van der Waals surface area contributed by atoms with Crippen molar-refractivity contribution in [1.82, 2.24) is 4.90 Å². The maximum Gasteiger partial charge on any atom is 0.435 e. The summed E-state index contributed by atoms with van der Waals surface area (Å²) in [5, 5.41) is 3.48.